The second-order valence-electron chi connectivity index (χ2n) is 5.86. The van der Waals surface area contributed by atoms with Gasteiger partial charge in [-0.2, -0.15) is 0 Å². The lowest BCUT2D eigenvalue weighted by Crippen LogP contribution is -2.51. The van der Waals surface area contributed by atoms with Crippen molar-refractivity contribution in [2.75, 3.05) is 6.61 Å². The SMILES string of the molecule is CCC1OCCC1C(=O)NC(C(=O)O)C(C)(C)C. The fraction of sp³-hybridized carbons (Fsp3) is 0.846. The monoisotopic (exact) mass is 257 g/mol. The summed E-state index contributed by atoms with van der Waals surface area (Å²) in [6, 6.07) is -0.872. The minimum Gasteiger partial charge on any atom is -0.480 e. The molecule has 1 amide bonds. The minimum atomic E-state index is -0.997. The van der Waals surface area contributed by atoms with Gasteiger partial charge in [0.25, 0.3) is 0 Å². The van der Waals surface area contributed by atoms with Gasteiger partial charge in [-0.3, -0.25) is 4.79 Å². The van der Waals surface area contributed by atoms with Crippen molar-refractivity contribution in [1.29, 1.82) is 0 Å². The number of amides is 1. The predicted molar refractivity (Wildman–Crippen MR) is 67.2 cm³/mol. The number of ether oxygens (including phenoxy) is 1. The van der Waals surface area contributed by atoms with Crippen LogP contribution in [0, 0.1) is 11.3 Å². The number of hydrogen-bond donors (Lipinski definition) is 2. The van der Waals surface area contributed by atoms with E-state index in [1.807, 2.05) is 6.92 Å². The number of carbonyl (C=O) groups is 2. The van der Waals surface area contributed by atoms with Crippen molar-refractivity contribution in [3.05, 3.63) is 0 Å². The van der Waals surface area contributed by atoms with Gasteiger partial charge in [0.15, 0.2) is 0 Å². The van der Waals surface area contributed by atoms with Crippen LogP contribution < -0.4 is 5.32 Å². The smallest absolute Gasteiger partial charge is 0.326 e. The molecule has 1 aliphatic heterocycles. The van der Waals surface area contributed by atoms with Crippen LogP contribution in [0.2, 0.25) is 0 Å². The molecule has 1 rings (SSSR count). The summed E-state index contributed by atoms with van der Waals surface area (Å²) in [7, 11) is 0. The molecule has 0 aromatic carbocycles. The molecule has 3 atom stereocenters. The summed E-state index contributed by atoms with van der Waals surface area (Å²) >= 11 is 0. The van der Waals surface area contributed by atoms with Crippen molar-refractivity contribution in [2.24, 2.45) is 11.3 Å². The highest BCUT2D eigenvalue weighted by molar-refractivity contribution is 5.86. The van der Waals surface area contributed by atoms with Gasteiger partial charge in [0.05, 0.1) is 12.0 Å². The van der Waals surface area contributed by atoms with Crippen LogP contribution in [0.15, 0.2) is 0 Å². The van der Waals surface area contributed by atoms with Crippen molar-refractivity contribution >= 4 is 11.9 Å². The van der Waals surface area contributed by atoms with Gasteiger partial charge < -0.3 is 15.2 Å². The molecular formula is C13H23NO4. The molecule has 0 radical (unpaired) electrons. The predicted octanol–water partition coefficient (Wildman–Crippen LogP) is 1.42. The van der Waals surface area contributed by atoms with E-state index in [0.717, 1.165) is 6.42 Å². The third-order valence-electron chi connectivity index (χ3n) is 3.35. The number of nitrogens with one attached hydrogen (secondary N) is 1. The highest BCUT2D eigenvalue weighted by Gasteiger charge is 2.38. The molecular weight excluding hydrogens is 234 g/mol. The summed E-state index contributed by atoms with van der Waals surface area (Å²) in [5.74, 6) is -1.43. The van der Waals surface area contributed by atoms with Gasteiger partial charge in [0, 0.05) is 6.61 Å². The normalized spacial score (nSPS) is 25.8. The van der Waals surface area contributed by atoms with Crippen molar-refractivity contribution in [3.63, 3.8) is 0 Å². The number of aliphatic carboxylic acids is 1. The molecule has 0 aliphatic carbocycles. The fourth-order valence-electron chi connectivity index (χ4n) is 2.25. The second kappa shape index (κ2) is 5.69. The Bertz CT molecular complexity index is 321. The standard InChI is InChI=1S/C13H23NO4/c1-5-9-8(6-7-18-9)11(15)14-10(12(16)17)13(2,3)4/h8-10H,5-7H2,1-4H3,(H,14,15)(H,16,17). The lowest BCUT2D eigenvalue weighted by atomic mass is 9.86. The Hall–Kier alpha value is -1.10. The van der Waals surface area contributed by atoms with E-state index < -0.39 is 17.4 Å². The van der Waals surface area contributed by atoms with Crippen LogP contribution in [-0.2, 0) is 14.3 Å². The minimum absolute atomic E-state index is 0.0839. The largest absolute Gasteiger partial charge is 0.480 e. The molecule has 18 heavy (non-hydrogen) atoms. The molecule has 5 nitrogen and oxygen atoms in total. The molecule has 0 aromatic rings. The van der Waals surface area contributed by atoms with Crippen molar-refractivity contribution < 1.29 is 19.4 Å². The first kappa shape index (κ1) is 15.0. The third-order valence-corrected chi connectivity index (χ3v) is 3.35. The van der Waals surface area contributed by atoms with E-state index in [-0.39, 0.29) is 17.9 Å². The third kappa shape index (κ3) is 3.45. The first-order chi connectivity index (χ1) is 8.27. The molecule has 1 saturated heterocycles. The van der Waals surface area contributed by atoms with Crippen LogP contribution in [0.25, 0.3) is 0 Å². The van der Waals surface area contributed by atoms with Gasteiger partial charge in [0.2, 0.25) is 5.91 Å². The number of carboxylic acids is 1. The molecule has 5 heteroatoms. The maximum atomic E-state index is 12.1. The van der Waals surface area contributed by atoms with Gasteiger partial charge in [-0.05, 0) is 18.3 Å². The van der Waals surface area contributed by atoms with E-state index in [0.29, 0.717) is 13.0 Å². The lowest BCUT2D eigenvalue weighted by molar-refractivity contribution is -0.146. The zero-order valence-corrected chi connectivity index (χ0v) is 11.5. The first-order valence-electron chi connectivity index (χ1n) is 6.42. The Kier molecular flexibility index (Phi) is 4.73. The van der Waals surface area contributed by atoms with E-state index in [2.05, 4.69) is 5.32 Å². The van der Waals surface area contributed by atoms with Gasteiger partial charge in [-0.15, -0.1) is 0 Å². The number of carbonyl (C=O) groups excluding carboxylic acids is 1. The molecule has 0 spiro atoms. The summed E-state index contributed by atoms with van der Waals surface area (Å²) in [5, 5.41) is 11.8. The highest BCUT2D eigenvalue weighted by Crippen LogP contribution is 2.25. The topological polar surface area (TPSA) is 75.6 Å². The van der Waals surface area contributed by atoms with Crippen LogP contribution in [0.1, 0.15) is 40.5 Å². The molecule has 104 valence electrons. The highest BCUT2D eigenvalue weighted by atomic mass is 16.5. The van der Waals surface area contributed by atoms with Crippen LogP contribution in [-0.4, -0.2) is 35.7 Å². The molecule has 1 fully saturated rings. The van der Waals surface area contributed by atoms with E-state index >= 15 is 0 Å². The van der Waals surface area contributed by atoms with Crippen molar-refractivity contribution in [2.45, 2.75) is 52.7 Å². The Balaban J connectivity index is 2.70. The Labute approximate surface area is 108 Å². The summed E-state index contributed by atoms with van der Waals surface area (Å²) in [5.41, 5.74) is -0.511. The average Bonchev–Trinajstić information content (AvgIpc) is 2.71. The summed E-state index contributed by atoms with van der Waals surface area (Å²) in [6.07, 6.45) is 1.35. The molecule has 1 aliphatic rings. The Morgan fingerprint density at radius 3 is 2.50 bits per heavy atom. The van der Waals surface area contributed by atoms with Gasteiger partial charge >= 0.3 is 5.97 Å². The Morgan fingerprint density at radius 1 is 1.44 bits per heavy atom. The number of rotatable bonds is 4. The van der Waals surface area contributed by atoms with E-state index in [4.69, 9.17) is 4.74 Å². The summed E-state index contributed by atoms with van der Waals surface area (Å²) in [4.78, 5) is 23.3. The summed E-state index contributed by atoms with van der Waals surface area (Å²) < 4.78 is 5.46. The average molecular weight is 257 g/mol. The molecule has 0 saturated carbocycles. The maximum absolute atomic E-state index is 12.1. The van der Waals surface area contributed by atoms with Gasteiger partial charge in [0.1, 0.15) is 6.04 Å². The van der Waals surface area contributed by atoms with Gasteiger partial charge in [-0.1, -0.05) is 27.7 Å². The maximum Gasteiger partial charge on any atom is 0.326 e. The second-order valence-corrected chi connectivity index (χ2v) is 5.86. The first-order valence-corrected chi connectivity index (χ1v) is 6.42. The molecule has 2 N–H and O–H groups in total. The van der Waals surface area contributed by atoms with Crippen LogP contribution in [0.3, 0.4) is 0 Å². The van der Waals surface area contributed by atoms with E-state index in [9.17, 15) is 14.7 Å². The molecule has 0 aromatic heterocycles. The molecule has 0 bridgehead atoms. The van der Waals surface area contributed by atoms with E-state index in [1.165, 1.54) is 0 Å². The van der Waals surface area contributed by atoms with Crippen LogP contribution >= 0.6 is 0 Å². The number of hydrogen-bond acceptors (Lipinski definition) is 3. The van der Waals surface area contributed by atoms with Crippen LogP contribution in [0.5, 0.6) is 0 Å². The zero-order chi connectivity index (χ0) is 13.9. The van der Waals surface area contributed by atoms with Crippen LogP contribution in [0.4, 0.5) is 0 Å². The Morgan fingerprint density at radius 2 is 2.06 bits per heavy atom. The van der Waals surface area contributed by atoms with Crippen molar-refractivity contribution in [1.82, 2.24) is 5.32 Å². The molecule has 3 unspecified atom stereocenters. The number of carboxylic acid groups (broad SMARTS) is 1. The van der Waals surface area contributed by atoms with Crippen molar-refractivity contribution in [3.8, 4) is 0 Å². The summed E-state index contributed by atoms with van der Waals surface area (Å²) in [6.45, 7) is 7.94. The lowest BCUT2D eigenvalue weighted by Gasteiger charge is -2.29. The molecule has 1 heterocycles. The quantitative estimate of drug-likeness (QED) is 0.798. The van der Waals surface area contributed by atoms with Gasteiger partial charge in [-0.25, -0.2) is 4.79 Å². The fourth-order valence-corrected chi connectivity index (χ4v) is 2.25. The van der Waals surface area contributed by atoms with E-state index in [1.54, 1.807) is 20.8 Å². The zero-order valence-electron chi connectivity index (χ0n) is 11.5.